The van der Waals surface area contributed by atoms with Gasteiger partial charge < -0.3 is 15.2 Å². The van der Waals surface area contributed by atoms with Crippen molar-refractivity contribution >= 4 is 11.9 Å². The van der Waals surface area contributed by atoms with E-state index in [1.807, 2.05) is 6.21 Å². The number of hydrogen-bond donors (Lipinski definition) is 2. The van der Waals surface area contributed by atoms with Crippen LogP contribution in [0.15, 0.2) is 41.4 Å². The molecular weight excluding hydrogens is 374 g/mol. The van der Waals surface area contributed by atoms with Crippen LogP contribution >= 0.6 is 0 Å². The van der Waals surface area contributed by atoms with Crippen LogP contribution in [0, 0.1) is 6.92 Å². The molecule has 0 aromatic heterocycles. The van der Waals surface area contributed by atoms with Gasteiger partial charge in [-0.25, -0.2) is 0 Å². The van der Waals surface area contributed by atoms with E-state index in [-0.39, 0.29) is 12.1 Å². The number of piperidine rings is 2. The van der Waals surface area contributed by atoms with Gasteiger partial charge in [0.1, 0.15) is 12.4 Å². The highest BCUT2D eigenvalue weighted by atomic mass is 16.5. The van der Waals surface area contributed by atoms with Gasteiger partial charge in [0.25, 0.3) is 0 Å². The van der Waals surface area contributed by atoms with Gasteiger partial charge >= 0.3 is 0 Å². The molecule has 2 saturated heterocycles. The number of aliphatic imine (C=N–C) groups is 1. The Bertz CT molecular complexity index is 947. The van der Waals surface area contributed by atoms with Crippen molar-refractivity contribution in [2.24, 2.45) is 4.99 Å². The van der Waals surface area contributed by atoms with Gasteiger partial charge in [-0.1, -0.05) is 18.2 Å². The fraction of sp³-hybridized carbons (Fsp3) is 0.480. The predicted octanol–water partition coefficient (Wildman–Crippen LogP) is 3.91. The molecule has 1 aliphatic carbocycles. The van der Waals surface area contributed by atoms with Crippen molar-refractivity contribution in [2.75, 3.05) is 25.1 Å². The number of aryl methyl sites for hydroxylation is 1. The molecule has 5 nitrogen and oxygen atoms in total. The molecule has 0 atom stereocenters. The Balaban J connectivity index is 1.30. The molecule has 2 aromatic rings. The molecule has 5 heteroatoms. The number of aliphatic hydroxyl groups is 1. The zero-order valence-corrected chi connectivity index (χ0v) is 17.7. The van der Waals surface area contributed by atoms with E-state index in [4.69, 9.17) is 9.84 Å². The lowest BCUT2D eigenvalue weighted by atomic mass is 9.73. The Morgan fingerprint density at radius 2 is 2.07 bits per heavy atom. The van der Waals surface area contributed by atoms with Gasteiger partial charge in [-0.15, -0.1) is 0 Å². The van der Waals surface area contributed by atoms with Crippen LogP contribution in [0.1, 0.15) is 47.9 Å². The van der Waals surface area contributed by atoms with Gasteiger partial charge in [0.15, 0.2) is 0 Å². The van der Waals surface area contributed by atoms with Crippen LogP contribution in [-0.4, -0.2) is 47.6 Å². The summed E-state index contributed by atoms with van der Waals surface area (Å²) >= 11 is 0. The van der Waals surface area contributed by atoms with E-state index in [1.54, 1.807) is 0 Å². The highest BCUT2D eigenvalue weighted by Gasteiger charge is 2.44. The molecule has 2 bridgehead atoms. The largest absolute Gasteiger partial charge is 0.491 e. The summed E-state index contributed by atoms with van der Waals surface area (Å²) in [6.45, 7) is 5.27. The van der Waals surface area contributed by atoms with E-state index in [2.05, 4.69) is 58.5 Å². The third-order valence-electron chi connectivity index (χ3n) is 6.97. The summed E-state index contributed by atoms with van der Waals surface area (Å²) < 4.78 is 5.72. The standard InChI is InChI=1S/C25H31N3O2/c1-18-2-3-19(12-24(18)30-11-10-29)16-28-17-25(8-6-23(28)7-9-25)27-22-5-4-20-14-26-15-21(20)13-22/h2-5,12-13,15,23,27,29H,6-11,14,16-17H2,1H3. The molecule has 2 aromatic carbocycles. The zero-order chi connectivity index (χ0) is 20.6. The Hall–Kier alpha value is -2.37. The number of fused-ring (bicyclic) bond motifs is 4. The lowest BCUT2D eigenvalue weighted by Gasteiger charge is -2.53. The third-order valence-corrected chi connectivity index (χ3v) is 6.97. The molecule has 3 heterocycles. The van der Waals surface area contributed by atoms with Crippen LogP contribution in [0.25, 0.3) is 0 Å². The molecule has 4 aliphatic rings. The number of nitrogens with one attached hydrogen (secondary N) is 1. The fourth-order valence-electron chi connectivity index (χ4n) is 5.32. The Morgan fingerprint density at radius 1 is 1.20 bits per heavy atom. The summed E-state index contributed by atoms with van der Waals surface area (Å²) in [6.07, 6.45) is 6.96. The highest BCUT2D eigenvalue weighted by Crippen LogP contribution is 2.41. The van der Waals surface area contributed by atoms with Crippen molar-refractivity contribution in [3.8, 4) is 5.75 Å². The summed E-state index contributed by atoms with van der Waals surface area (Å²) in [5.41, 5.74) is 6.35. The summed E-state index contributed by atoms with van der Waals surface area (Å²) in [5, 5.41) is 13.0. The number of aliphatic hydroxyl groups excluding tert-OH is 1. The first-order valence-electron chi connectivity index (χ1n) is 11.1. The smallest absolute Gasteiger partial charge is 0.122 e. The van der Waals surface area contributed by atoms with Gasteiger partial charge in [0, 0.05) is 31.0 Å². The molecule has 0 radical (unpaired) electrons. The second kappa shape index (κ2) is 8.05. The van der Waals surface area contributed by atoms with Gasteiger partial charge in [-0.3, -0.25) is 9.89 Å². The first-order chi connectivity index (χ1) is 14.6. The first kappa shape index (κ1) is 19.6. The zero-order valence-electron chi connectivity index (χ0n) is 17.7. The average molecular weight is 406 g/mol. The average Bonchev–Trinajstić information content (AvgIpc) is 3.22. The van der Waals surface area contributed by atoms with Crippen molar-refractivity contribution < 1.29 is 9.84 Å². The number of rotatable bonds is 7. The maximum Gasteiger partial charge on any atom is 0.122 e. The second-order valence-electron chi connectivity index (χ2n) is 9.10. The van der Waals surface area contributed by atoms with Crippen molar-refractivity contribution in [1.29, 1.82) is 0 Å². The third kappa shape index (κ3) is 3.84. The Kier molecular flexibility index (Phi) is 5.25. The molecule has 6 rings (SSSR count). The fourth-order valence-corrected chi connectivity index (χ4v) is 5.32. The molecule has 1 saturated carbocycles. The normalized spacial score (nSPS) is 24.8. The molecule has 0 spiro atoms. The molecular formula is C25H31N3O2. The van der Waals surface area contributed by atoms with Gasteiger partial charge in [-0.2, -0.15) is 0 Å². The Labute approximate surface area is 178 Å². The lowest BCUT2D eigenvalue weighted by molar-refractivity contribution is 0.0338. The van der Waals surface area contributed by atoms with E-state index in [0.29, 0.717) is 12.6 Å². The van der Waals surface area contributed by atoms with E-state index >= 15 is 0 Å². The van der Waals surface area contributed by atoms with Gasteiger partial charge in [0.2, 0.25) is 0 Å². The summed E-state index contributed by atoms with van der Waals surface area (Å²) in [5.74, 6) is 0.886. The number of benzene rings is 2. The van der Waals surface area contributed by atoms with Gasteiger partial charge in [-0.05, 0) is 73.1 Å². The first-order valence-corrected chi connectivity index (χ1v) is 11.1. The number of ether oxygens (including phenoxy) is 1. The number of anilines is 1. The van der Waals surface area contributed by atoms with E-state index < -0.39 is 0 Å². The second-order valence-corrected chi connectivity index (χ2v) is 9.10. The minimum Gasteiger partial charge on any atom is -0.491 e. The quantitative estimate of drug-likeness (QED) is 0.733. The summed E-state index contributed by atoms with van der Waals surface area (Å²) in [7, 11) is 0. The maximum absolute atomic E-state index is 9.07. The maximum atomic E-state index is 9.07. The van der Waals surface area contributed by atoms with Crippen LogP contribution in [-0.2, 0) is 13.1 Å². The predicted molar refractivity (Wildman–Crippen MR) is 121 cm³/mol. The molecule has 2 N–H and O–H groups in total. The van der Waals surface area contributed by atoms with Crippen LogP contribution in [0.3, 0.4) is 0 Å². The SMILES string of the molecule is Cc1ccc(CN2CC3(Nc4ccc5c(c4)C=NC5)CCC2CC3)cc1OCCO. The summed E-state index contributed by atoms with van der Waals surface area (Å²) in [6, 6.07) is 13.9. The van der Waals surface area contributed by atoms with Crippen LogP contribution in [0.4, 0.5) is 5.69 Å². The van der Waals surface area contributed by atoms with Crippen molar-refractivity contribution in [3.05, 3.63) is 58.7 Å². The van der Waals surface area contributed by atoms with Gasteiger partial charge in [0.05, 0.1) is 18.7 Å². The highest BCUT2D eigenvalue weighted by molar-refractivity contribution is 5.86. The molecule has 3 fully saturated rings. The number of nitrogens with zero attached hydrogens (tertiary/aromatic N) is 2. The molecule has 0 unspecified atom stereocenters. The van der Waals surface area contributed by atoms with E-state index in [1.165, 1.54) is 48.1 Å². The minimum absolute atomic E-state index is 0.0423. The van der Waals surface area contributed by atoms with Crippen LogP contribution in [0.5, 0.6) is 5.75 Å². The van der Waals surface area contributed by atoms with E-state index in [9.17, 15) is 0 Å². The van der Waals surface area contributed by atoms with Crippen molar-refractivity contribution in [2.45, 2.75) is 57.3 Å². The molecule has 0 amide bonds. The topological polar surface area (TPSA) is 57.1 Å². The molecule has 30 heavy (non-hydrogen) atoms. The van der Waals surface area contributed by atoms with Crippen LogP contribution < -0.4 is 10.1 Å². The van der Waals surface area contributed by atoms with E-state index in [0.717, 1.165) is 30.9 Å². The number of hydrogen-bond acceptors (Lipinski definition) is 5. The lowest BCUT2D eigenvalue weighted by Crippen LogP contribution is -2.60. The van der Waals surface area contributed by atoms with Crippen LogP contribution in [0.2, 0.25) is 0 Å². The summed E-state index contributed by atoms with van der Waals surface area (Å²) in [4.78, 5) is 7.04. The monoisotopic (exact) mass is 405 g/mol. The minimum atomic E-state index is 0.0423. The van der Waals surface area contributed by atoms with Crippen molar-refractivity contribution in [1.82, 2.24) is 4.90 Å². The molecule has 158 valence electrons. The molecule has 3 aliphatic heterocycles. The Morgan fingerprint density at radius 3 is 2.90 bits per heavy atom. The van der Waals surface area contributed by atoms with Crippen molar-refractivity contribution in [3.63, 3.8) is 0 Å².